The largest absolute Gasteiger partial charge is 0.292 e. The van der Waals surface area contributed by atoms with E-state index >= 15 is 0 Å². The van der Waals surface area contributed by atoms with Crippen molar-refractivity contribution in [2.75, 3.05) is 0 Å². The lowest BCUT2D eigenvalue weighted by molar-refractivity contribution is 0.770. The molecule has 56 heavy (non-hydrogen) atoms. The third kappa shape index (κ3) is 4.28. The monoisotopic (exact) mass is 711 g/mol. The Morgan fingerprint density at radius 1 is 0.411 bits per heavy atom. The summed E-state index contributed by atoms with van der Waals surface area (Å²) in [5.74, 6) is 0.819. The van der Waals surface area contributed by atoms with Crippen LogP contribution < -0.4 is 0 Å². The number of fused-ring (bicyclic) bond motifs is 10. The fourth-order valence-electron chi connectivity index (χ4n) is 9.62. The maximum atomic E-state index is 5.48. The summed E-state index contributed by atoms with van der Waals surface area (Å²) >= 11 is 0. The van der Waals surface area contributed by atoms with Gasteiger partial charge in [-0.1, -0.05) is 158 Å². The number of nitrogens with zero attached hydrogens (tertiary/aromatic N) is 3. The second-order valence-corrected chi connectivity index (χ2v) is 14.9. The van der Waals surface area contributed by atoms with Crippen molar-refractivity contribution in [3.05, 3.63) is 222 Å². The molecule has 0 saturated carbocycles. The number of aromatic nitrogens is 3. The molecule has 0 aliphatic heterocycles. The molecule has 0 N–H and O–H groups in total. The SMILES string of the molecule is c1ccc(-c2nc3ccccc3nc2-n2c3cc4ccccc4cc3c3c4c(ccc32)C(c2ccccc2)(c2ccccc2)c2cc3ccccc3cc2-4)cc1. The van der Waals surface area contributed by atoms with Crippen molar-refractivity contribution in [3.63, 3.8) is 0 Å². The van der Waals surface area contributed by atoms with E-state index in [2.05, 4.69) is 193 Å². The first-order chi connectivity index (χ1) is 27.8. The second-order valence-electron chi connectivity index (χ2n) is 14.9. The van der Waals surface area contributed by atoms with Gasteiger partial charge in [-0.25, -0.2) is 9.97 Å². The topological polar surface area (TPSA) is 30.7 Å². The average molecular weight is 712 g/mol. The van der Waals surface area contributed by atoms with Crippen molar-refractivity contribution >= 4 is 54.4 Å². The van der Waals surface area contributed by atoms with Gasteiger partial charge in [0.05, 0.1) is 27.5 Å². The molecule has 1 aliphatic carbocycles. The lowest BCUT2D eigenvalue weighted by Gasteiger charge is -2.34. The van der Waals surface area contributed by atoms with E-state index in [0.717, 1.165) is 39.1 Å². The maximum absolute atomic E-state index is 5.48. The van der Waals surface area contributed by atoms with E-state index in [0.29, 0.717) is 0 Å². The van der Waals surface area contributed by atoms with Crippen LogP contribution in [0.1, 0.15) is 22.3 Å². The van der Waals surface area contributed by atoms with Crippen LogP contribution in [-0.4, -0.2) is 14.5 Å². The average Bonchev–Trinajstić information content (AvgIpc) is 3.74. The summed E-state index contributed by atoms with van der Waals surface area (Å²) in [6, 6.07) is 72.7. The minimum Gasteiger partial charge on any atom is -0.292 e. The molecule has 2 aromatic heterocycles. The Hall–Kier alpha value is -7.36. The molecule has 12 rings (SSSR count). The minimum atomic E-state index is -0.547. The molecular formula is C53H33N3. The maximum Gasteiger partial charge on any atom is 0.165 e. The molecule has 3 nitrogen and oxygen atoms in total. The number of benzene rings is 9. The van der Waals surface area contributed by atoms with Crippen LogP contribution in [-0.2, 0) is 5.41 Å². The standard InChI is InChI=1S/C53H33N3/c1-4-16-34(17-5-1)51-52(55-46-27-15-14-26-45(46)54-51)56-47-29-28-43-49(50(47)42-31-36-19-11-13-21-38(36)33-48(42)56)41-30-35-18-10-12-20-37(35)32-44(41)53(43,39-22-6-2-7-23-39)40-24-8-3-9-25-40/h1-33H. The summed E-state index contributed by atoms with van der Waals surface area (Å²) in [5, 5.41) is 7.28. The molecule has 0 bridgehead atoms. The van der Waals surface area contributed by atoms with Crippen LogP contribution in [0.5, 0.6) is 0 Å². The number of hydrogen-bond acceptors (Lipinski definition) is 2. The predicted molar refractivity (Wildman–Crippen MR) is 232 cm³/mol. The quantitative estimate of drug-likeness (QED) is 0.182. The van der Waals surface area contributed by atoms with Crippen LogP contribution >= 0.6 is 0 Å². The summed E-state index contributed by atoms with van der Waals surface area (Å²) in [7, 11) is 0. The molecule has 0 atom stereocenters. The molecule has 0 fully saturated rings. The summed E-state index contributed by atoms with van der Waals surface area (Å²) in [6.45, 7) is 0. The number of para-hydroxylation sites is 2. The van der Waals surface area contributed by atoms with Gasteiger partial charge in [0.1, 0.15) is 5.69 Å². The van der Waals surface area contributed by atoms with E-state index in [1.807, 2.05) is 12.1 Å². The third-order valence-corrected chi connectivity index (χ3v) is 12.0. The predicted octanol–water partition coefficient (Wildman–Crippen LogP) is 13.1. The first-order valence-corrected chi connectivity index (χ1v) is 19.2. The van der Waals surface area contributed by atoms with Crippen molar-refractivity contribution in [2.24, 2.45) is 0 Å². The van der Waals surface area contributed by atoms with E-state index in [1.165, 1.54) is 65.7 Å². The first kappa shape index (κ1) is 31.0. The fraction of sp³-hybridized carbons (Fsp3) is 0.0189. The van der Waals surface area contributed by atoms with Crippen LogP contribution in [0.2, 0.25) is 0 Å². The van der Waals surface area contributed by atoms with E-state index in [1.54, 1.807) is 0 Å². The molecule has 9 aromatic carbocycles. The lowest BCUT2D eigenvalue weighted by atomic mass is 9.67. The van der Waals surface area contributed by atoms with Gasteiger partial charge in [-0.3, -0.25) is 4.57 Å². The first-order valence-electron chi connectivity index (χ1n) is 19.2. The van der Waals surface area contributed by atoms with Crippen LogP contribution in [0.4, 0.5) is 0 Å². The zero-order valence-corrected chi connectivity index (χ0v) is 30.4. The highest BCUT2D eigenvalue weighted by Gasteiger charge is 2.47. The Morgan fingerprint density at radius 2 is 0.946 bits per heavy atom. The van der Waals surface area contributed by atoms with Gasteiger partial charge in [-0.15, -0.1) is 0 Å². The zero-order valence-electron chi connectivity index (χ0n) is 30.4. The number of hydrogen-bond donors (Lipinski definition) is 0. The molecule has 11 aromatic rings. The van der Waals surface area contributed by atoms with Gasteiger partial charge in [0, 0.05) is 16.3 Å². The molecule has 0 radical (unpaired) electrons. The molecule has 0 saturated heterocycles. The van der Waals surface area contributed by atoms with Gasteiger partial charge in [0.2, 0.25) is 0 Å². The van der Waals surface area contributed by atoms with Gasteiger partial charge >= 0.3 is 0 Å². The highest BCUT2D eigenvalue weighted by atomic mass is 15.1. The minimum absolute atomic E-state index is 0.547. The van der Waals surface area contributed by atoms with Crippen molar-refractivity contribution in [1.29, 1.82) is 0 Å². The molecule has 3 heteroatoms. The van der Waals surface area contributed by atoms with Gasteiger partial charge in [0.25, 0.3) is 0 Å². The van der Waals surface area contributed by atoms with Crippen molar-refractivity contribution in [2.45, 2.75) is 5.41 Å². The smallest absolute Gasteiger partial charge is 0.165 e. The Balaban J connectivity index is 1.31. The summed E-state index contributed by atoms with van der Waals surface area (Å²) in [6.07, 6.45) is 0. The van der Waals surface area contributed by atoms with Gasteiger partial charge in [-0.2, -0.15) is 0 Å². The second kappa shape index (κ2) is 11.8. The molecule has 1 aliphatic rings. The summed E-state index contributed by atoms with van der Waals surface area (Å²) in [4.78, 5) is 10.8. The van der Waals surface area contributed by atoms with E-state index < -0.39 is 5.41 Å². The summed E-state index contributed by atoms with van der Waals surface area (Å²) < 4.78 is 2.38. The normalized spacial score (nSPS) is 13.1. The molecule has 0 unspecified atom stereocenters. The molecular weight excluding hydrogens is 679 g/mol. The third-order valence-electron chi connectivity index (χ3n) is 12.0. The van der Waals surface area contributed by atoms with Gasteiger partial charge < -0.3 is 0 Å². The Labute approximate surface area is 323 Å². The Kier molecular flexibility index (Phi) is 6.55. The Bertz CT molecular complexity index is 3310. The van der Waals surface area contributed by atoms with Gasteiger partial charge in [0.15, 0.2) is 5.82 Å². The van der Waals surface area contributed by atoms with Crippen LogP contribution in [0.15, 0.2) is 200 Å². The molecule has 260 valence electrons. The van der Waals surface area contributed by atoms with E-state index in [9.17, 15) is 0 Å². The van der Waals surface area contributed by atoms with Gasteiger partial charge in [-0.05, 0) is 97.4 Å². The Morgan fingerprint density at radius 3 is 1.61 bits per heavy atom. The van der Waals surface area contributed by atoms with E-state index in [4.69, 9.17) is 9.97 Å². The fourth-order valence-corrected chi connectivity index (χ4v) is 9.62. The molecule has 2 heterocycles. The van der Waals surface area contributed by atoms with Crippen molar-refractivity contribution in [3.8, 4) is 28.2 Å². The van der Waals surface area contributed by atoms with Crippen molar-refractivity contribution < 1.29 is 0 Å². The van der Waals surface area contributed by atoms with Crippen LogP contribution in [0.3, 0.4) is 0 Å². The van der Waals surface area contributed by atoms with Crippen LogP contribution in [0, 0.1) is 0 Å². The molecule has 0 spiro atoms. The highest BCUT2D eigenvalue weighted by molar-refractivity contribution is 6.21. The van der Waals surface area contributed by atoms with Crippen molar-refractivity contribution in [1.82, 2.24) is 14.5 Å². The van der Waals surface area contributed by atoms with Crippen LogP contribution in [0.25, 0.3) is 82.6 Å². The summed E-state index contributed by atoms with van der Waals surface area (Å²) in [5.41, 5.74) is 12.9. The van der Waals surface area contributed by atoms with E-state index in [-0.39, 0.29) is 0 Å². The molecule has 0 amide bonds. The lowest BCUT2D eigenvalue weighted by Crippen LogP contribution is -2.28. The number of rotatable bonds is 4. The highest BCUT2D eigenvalue weighted by Crippen LogP contribution is 2.59. The zero-order chi connectivity index (χ0) is 36.8.